The van der Waals surface area contributed by atoms with Crippen LogP contribution in [0.15, 0.2) is 42.5 Å². The van der Waals surface area contributed by atoms with Crippen LogP contribution in [0.5, 0.6) is 5.75 Å². The molecule has 1 spiro atoms. The van der Waals surface area contributed by atoms with Gasteiger partial charge in [-0.25, -0.2) is 0 Å². The van der Waals surface area contributed by atoms with Gasteiger partial charge in [0.25, 0.3) is 5.91 Å². The molecule has 5 heteroatoms. The van der Waals surface area contributed by atoms with E-state index in [1.165, 1.54) is 0 Å². The summed E-state index contributed by atoms with van der Waals surface area (Å²) in [6, 6.07) is 13.6. The molecule has 0 aromatic heterocycles. The third-order valence-corrected chi connectivity index (χ3v) is 5.45. The Balaban J connectivity index is 1.80. The number of nitrogens with zero attached hydrogens (tertiary/aromatic N) is 1. The van der Waals surface area contributed by atoms with Crippen LogP contribution in [0.25, 0.3) is 0 Å². The van der Waals surface area contributed by atoms with E-state index in [-0.39, 0.29) is 18.4 Å². The Labute approximate surface area is 153 Å². The van der Waals surface area contributed by atoms with Crippen LogP contribution in [0.1, 0.15) is 35.6 Å². The molecule has 26 heavy (non-hydrogen) atoms. The highest BCUT2D eigenvalue weighted by Crippen LogP contribution is 2.52. The van der Waals surface area contributed by atoms with E-state index in [0.29, 0.717) is 12.2 Å². The Bertz CT molecular complexity index is 848. The number of hydrogen-bond acceptors (Lipinski definition) is 4. The van der Waals surface area contributed by atoms with Crippen LogP contribution in [0.2, 0.25) is 0 Å². The summed E-state index contributed by atoms with van der Waals surface area (Å²) < 4.78 is 11.8. The molecule has 5 nitrogen and oxygen atoms in total. The highest BCUT2D eigenvalue weighted by Gasteiger charge is 2.55. The van der Waals surface area contributed by atoms with Crippen LogP contribution >= 0.6 is 0 Å². The third-order valence-electron chi connectivity index (χ3n) is 5.45. The number of carbonyl (C=O) groups is 1. The van der Waals surface area contributed by atoms with Crippen LogP contribution < -0.4 is 9.64 Å². The normalized spacial score (nSPS) is 27.7. The van der Waals surface area contributed by atoms with Crippen LogP contribution in [0.3, 0.4) is 0 Å². The number of aryl methyl sites for hydroxylation is 1. The van der Waals surface area contributed by atoms with Crippen LogP contribution in [0, 0.1) is 6.92 Å². The summed E-state index contributed by atoms with van der Waals surface area (Å²) in [7, 11) is 3.34. The predicted octanol–water partition coefficient (Wildman–Crippen LogP) is 3.09. The maximum Gasteiger partial charge on any atom is 0.263 e. The lowest BCUT2D eigenvalue weighted by molar-refractivity contribution is -0.181. The first-order valence-electron chi connectivity index (χ1n) is 8.84. The van der Waals surface area contributed by atoms with Crippen molar-refractivity contribution in [2.75, 3.05) is 19.1 Å². The summed E-state index contributed by atoms with van der Waals surface area (Å²) in [5.41, 5.74) is 2.52. The summed E-state index contributed by atoms with van der Waals surface area (Å²) in [6.45, 7) is 2.03. The lowest BCUT2D eigenvalue weighted by Gasteiger charge is -2.40. The molecule has 0 bridgehead atoms. The van der Waals surface area contributed by atoms with Gasteiger partial charge in [0.2, 0.25) is 0 Å². The lowest BCUT2D eigenvalue weighted by atomic mass is 9.83. The summed E-state index contributed by atoms with van der Waals surface area (Å²) in [5.74, 6) is 0.526. The van der Waals surface area contributed by atoms with Gasteiger partial charge in [-0.3, -0.25) is 4.79 Å². The molecular weight excluding hydrogens is 330 g/mol. The second-order valence-electron chi connectivity index (χ2n) is 7.19. The molecule has 1 saturated heterocycles. The Morgan fingerprint density at radius 3 is 2.65 bits per heavy atom. The van der Waals surface area contributed by atoms with Crippen LogP contribution in [-0.2, 0) is 15.1 Å². The van der Waals surface area contributed by atoms with E-state index in [4.69, 9.17) is 9.47 Å². The minimum atomic E-state index is -1.17. The van der Waals surface area contributed by atoms with Gasteiger partial charge in [-0.15, -0.1) is 0 Å². The van der Waals surface area contributed by atoms with Crippen molar-refractivity contribution < 1.29 is 19.4 Å². The molecule has 0 aliphatic carbocycles. The van der Waals surface area contributed by atoms with Gasteiger partial charge in [-0.2, -0.15) is 0 Å². The van der Waals surface area contributed by atoms with Gasteiger partial charge in [0.1, 0.15) is 5.75 Å². The lowest BCUT2D eigenvalue weighted by Crippen LogP contribution is -2.47. The molecule has 2 aromatic rings. The molecule has 0 radical (unpaired) electrons. The second kappa shape index (κ2) is 6.11. The monoisotopic (exact) mass is 353 g/mol. The van der Waals surface area contributed by atoms with E-state index < -0.39 is 11.7 Å². The van der Waals surface area contributed by atoms with Crippen LogP contribution in [0.4, 0.5) is 5.69 Å². The quantitative estimate of drug-likeness (QED) is 0.901. The van der Waals surface area contributed by atoms with Crippen LogP contribution in [-0.4, -0.2) is 31.3 Å². The highest BCUT2D eigenvalue weighted by molar-refractivity contribution is 6.07. The molecule has 1 amide bonds. The fraction of sp³-hybridized carbons (Fsp3) is 0.381. The number of aliphatic hydroxyl groups is 1. The van der Waals surface area contributed by atoms with Crippen molar-refractivity contribution in [3.8, 4) is 5.75 Å². The molecule has 2 heterocycles. The SMILES string of the molecule is COc1ccc2c(c1)[C@@]1(C[C@@H](O)C[C@H](c3ccc(C)cc3)O1)C(=O)N2C. The van der Waals surface area contributed by atoms with E-state index in [9.17, 15) is 9.90 Å². The Morgan fingerprint density at radius 1 is 1.23 bits per heavy atom. The van der Waals surface area contributed by atoms with Crippen molar-refractivity contribution in [1.29, 1.82) is 0 Å². The van der Waals surface area contributed by atoms with Gasteiger partial charge >= 0.3 is 0 Å². The van der Waals surface area contributed by atoms with E-state index in [1.807, 2.05) is 49.4 Å². The number of anilines is 1. The zero-order valence-corrected chi connectivity index (χ0v) is 15.2. The van der Waals surface area contributed by atoms with Crippen molar-refractivity contribution in [2.24, 2.45) is 0 Å². The Morgan fingerprint density at radius 2 is 1.96 bits per heavy atom. The number of amides is 1. The maximum absolute atomic E-state index is 13.2. The Kier molecular flexibility index (Phi) is 4.01. The molecule has 0 saturated carbocycles. The molecule has 1 N–H and O–H groups in total. The number of ether oxygens (including phenoxy) is 2. The fourth-order valence-electron chi connectivity index (χ4n) is 4.05. The van der Waals surface area contributed by atoms with Gasteiger partial charge < -0.3 is 19.5 Å². The first-order chi connectivity index (χ1) is 12.4. The fourth-order valence-corrected chi connectivity index (χ4v) is 4.05. The van der Waals surface area contributed by atoms with E-state index in [2.05, 4.69) is 0 Å². The minimum Gasteiger partial charge on any atom is -0.497 e. The summed E-state index contributed by atoms with van der Waals surface area (Å²) in [6.07, 6.45) is -0.238. The van der Waals surface area contributed by atoms with Gasteiger partial charge in [0.05, 0.1) is 25.0 Å². The number of benzene rings is 2. The molecular formula is C21H23NO4. The van der Waals surface area contributed by atoms with E-state index in [0.717, 1.165) is 22.4 Å². The number of fused-ring (bicyclic) bond motifs is 2. The predicted molar refractivity (Wildman–Crippen MR) is 98.3 cm³/mol. The smallest absolute Gasteiger partial charge is 0.263 e. The summed E-state index contributed by atoms with van der Waals surface area (Å²) in [5, 5.41) is 10.6. The largest absolute Gasteiger partial charge is 0.497 e. The van der Waals surface area contributed by atoms with Crippen molar-refractivity contribution in [1.82, 2.24) is 0 Å². The highest BCUT2D eigenvalue weighted by atomic mass is 16.5. The first-order valence-corrected chi connectivity index (χ1v) is 8.84. The van der Waals surface area contributed by atoms with Gasteiger partial charge in [-0.05, 0) is 30.7 Å². The summed E-state index contributed by atoms with van der Waals surface area (Å²) >= 11 is 0. The average molecular weight is 353 g/mol. The molecule has 0 unspecified atom stereocenters. The van der Waals surface area contributed by atoms with Crippen molar-refractivity contribution >= 4 is 11.6 Å². The molecule has 2 aromatic carbocycles. The standard InChI is InChI=1S/C21H23NO4/c1-13-4-6-14(7-5-13)19-10-15(23)12-21(26-19)17-11-16(25-3)8-9-18(17)22(2)20(21)24/h4-9,11,15,19,23H,10,12H2,1-3H3/t15-,19+,21-/m0/s1. The molecule has 1 fully saturated rings. The maximum atomic E-state index is 13.2. The van der Waals surface area contributed by atoms with Crippen molar-refractivity contribution in [3.63, 3.8) is 0 Å². The number of rotatable bonds is 2. The summed E-state index contributed by atoms with van der Waals surface area (Å²) in [4.78, 5) is 14.8. The molecule has 136 valence electrons. The number of likely N-dealkylation sites (N-methyl/N-ethyl adjacent to an activating group) is 1. The van der Waals surface area contributed by atoms with Gasteiger partial charge in [-0.1, -0.05) is 29.8 Å². The molecule has 2 aliphatic heterocycles. The van der Waals surface area contributed by atoms with E-state index >= 15 is 0 Å². The number of hydrogen-bond donors (Lipinski definition) is 1. The Hall–Kier alpha value is -2.37. The number of aliphatic hydroxyl groups excluding tert-OH is 1. The first kappa shape index (κ1) is 17.1. The molecule has 2 aliphatic rings. The zero-order valence-electron chi connectivity index (χ0n) is 15.2. The van der Waals surface area contributed by atoms with E-state index in [1.54, 1.807) is 19.1 Å². The topological polar surface area (TPSA) is 59.0 Å². The van der Waals surface area contributed by atoms with Gasteiger partial charge in [0.15, 0.2) is 5.60 Å². The second-order valence-corrected chi connectivity index (χ2v) is 7.19. The average Bonchev–Trinajstić information content (AvgIpc) is 2.83. The van der Waals surface area contributed by atoms with Crippen molar-refractivity contribution in [3.05, 3.63) is 59.2 Å². The van der Waals surface area contributed by atoms with Gasteiger partial charge in [0, 0.05) is 25.5 Å². The van der Waals surface area contributed by atoms with Crippen molar-refractivity contribution in [2.45, 2.75) is 37.6 Å². The minimum absolute atomic E-state index is 0.142. The third kappa shape index (κ3) is 2.50. The number of methoxy groups -OCH3 is 1. The molecule has 3 atom stereocenters. The zero-order chi connectivity index (χ0) is 18.5. The molecule has 4 rings (SSSR count). The number of carbonyl (C=O) groups excluding carboxylic acids is 1.